The highest BCUT2D eigenvalue weighted by atomic mass is 19.1. The Morgan fingerprint density at radius 1 is 1.38 bits per heavy atom. The summed E-state index contributed by atoms with van der Waals surface area (Å²) >= 11 is 0. The summed E-state index contributed by atoms with van der Waals surface area (Å²) < 4.78 is 13.6. The van der Waals surface area contributed by atoms with Crippen LogP contribution in [0.5, 0.6) is 0 Å². The molecule has 16 heavy (non-hydrogen) atoms. The number of nitrogens with two attached hydrogens (primary N) is 1. The van der Waals surface area contributed by atoms with Gasteiger partial charge >= 0.3 is 0 Å². The van der Waals surface area contributed by atoms with Crippen molar-refractivity contribution in [3.63, 3.8) is 0 Å². The van der Waals surface area contributed by atoms with Gasteiger partial charge in [0.25, 0.3) is 0 Å². The van der Waals surface area contributed by atoms with Crippen molar-refractivity contribution >= 4 is 5.69 Å². The average Bonchev–Trinajstić information content (AvgIpc) is 2.85. The number of fused-ring (bicyclic) bond motifs is 2. The molecule has 0 radical (unpaired) electrons. The molecule has 2 aliphatic rings. The molecule has 0 aromatic heterocycles. The highest BCUT2D eigenvalue weighted by molar-refractivity contribution is 5.47. The summed E-state index contributed by atoms with van der Waals surface area (Å²) in [5.41, 5.74) is 7.09. The van der Waals surface area contributed by atoms with E-state index < -0.39 is 0 Å². The van der Waals surface area contributed by atoms with Gasteiger partial charge in [0.1, 0.15) is 5.82 Å². The van der Waals surface area contributed by atoms with Gasteiger partial charge in [0.2, 0.25) is 0 Å². The fourth-order valence-electron chi connectivity index (χ4n) is 3.17. The summed E-state index contributed by atoms with van der Waals surface area (Å²) in [7, 11) is 0. The number of anilines is 1. The smallest absolute Gasteiger partial charge is 0.129 e. The maximum absolute atomic E-state index is 13.6. The van der Waals surface area contributed by atoms with Gasteiger partial charge in [0.15, 0.2) is 0 Å². The van der Waals surface area contributed by atoms with Crippen molar-refractivity contribution in [3.05, 3.63) is 29.6 Å². The fourth-order valence-corrected chi connectivity index (χ4v) is 3.17. The van der Waals surface area contributed by atoms with Gasteiger partial charge in [-0.2, -0.15) is 0 Å². The molecule has 1 aromatic carbocycles. The van der Waals surface area contributed by atoms with Crippen LogP contribution < -0.4 is 5.73 Å². The lowest BCUT2D eigenvalue weighted by atomic mass is 10.1. The second-order valence-corrected chi connectivity index (χ2v) is 5.07. The van der Waals surface area contributed by atoms with E-state index in [0.717, 1.165) is 12.5 Å². The molecule has 1 saturated heterocycles. The quantitative estimate of drug-likeness (QED) is 0.775. The Morgan fingerprint density at radius 3 is 2.88 bits per heavy atom. The third-order valence-electron chi connectivity index (χ3n) is 4.04. The predicted octanol–water partition coefficient (Wildman–Crippen LogP) is 2.39. The fraction of sp³-hybridized carbons (Fsp3) is 0.538. The molecule has 1 aliphatic carbocycles. The third kappa shape index (κ3) is 1.59. The van der Waals surface area contributed by atoms with Crippen LogP contribution in [0.1, 0.15) is 24.8 Å². The van der Waals surface area contributed by atoms with Crippen molar-refractivity contribution in [1.29, 1.82) is 0 Å². The normalized spacial score (nSPS) is 28.8. The van der Waals surface area contributed by atoms with Crippen molar-refractivity contribution in [2.24, 2.45) is 5.92 Å². The maximum Gasteiger partial charge on any atom is 0.129 e. The molecule has 2 nitrogen and oxygen atoms in total. The highest BCUT2D eigenvalue weighted by Gasteiger charge is 2.37. The van der Waals surface area contributed by atoms with E-state index in [0.29, 0.717) is 23.8 Å². The second kappa shape index (κ2) is 3.74. The number of rotatable bonds is 2. The van der Waals surface area contributed by atoms with Crippen LogP contribution in [0.25, 0.3) is 0 Å². The molecule has 1 aliphatic heterocycles. The summed E-state index contributed by atoms with van der Waals surface area (Å²) in [6, 6.07) is 5.63. The van der Waals surface area contributed by atoms with Gasteiger partial charge < -0.3 is 5.73 Å². The summed E-state index contributed by atoms with van der Waals surface area (Å²) in [5, 5.41) is 0. The largest absolute Gasteiger partial charge is 0.398 e. The zero-order valence-electron chi connectivity index (χ0n) is 9.32. The first-order valence-corrected chi connectivity index (χ1v) is 6.01. The molecule has 1 saturated carbocycles. The highest BCUT2D eigenvalue weighted by Crippen LogP contribution is 2.38. The molecule has 2 fully saturated rings. The zero-order chi connectivity index (χ0) is 11.1. The van der Waals surface area contributed by atoms with Crippen molar-refractivity contribution in [2.75, 3.05) is 12.3 Å². The van der Waals surface area contributed by atoms with E-state index in [9.17, 15) is 4.39 Å². The molecule has 1 aromatic rings. The molecular formula is C13H17FN2. The first-order valence-electron chi connectivity index (χ1n) is 6.01. The van der Waals surface area contributed by atoms with E-state index in [2.05, 4.69) is 4.90 Å². The van der Waals surface area contributed by atoms with Gasteiger partial charge in [0, 0.05) is 30.4 Å². The topological polar surface area (TPSA) is 29.3 Å². The number of benzene rings is 1. The van der Waals surface area contributed by atoms with Crippen molar-refractivity contribution in [2.45, 2.75) is 31.8 Å². The zero-order valence-corrected chi connectivity index (χ0v) is 9.32. The number of likely N-dealkylation sites (tertiary alicyclic amines) is 1. The average molecular weight is 220 g/mol. The molecule has 2 bridgehead atoms. The van der Waals surface area contributed by atoms with E-state index in [1.165, 1.54) is 25.3 Å². The van der Waals surface area contributed by atoms with Crippen LogP contribution in [0.3, 0.4) is 0 Å². The first kappa shape index (κ1) is 10.1. The number of piperidine rings is 1. The number of halogens is 1. The van der Waals surface area contributed by atoms with Crippen LogP contribution in [0.15, 0.2) is 18.2 Å². The van der Waals surface area contributed by atoms with Crippen LogP contribution >= 0.6 is 0 Å². The minimum absolute atomic E-state index is 0.164. The number of hydrogen-bond acceptors (Lipinski definition) is 2. The molecule has 2 unspecified atom stereocenters. The van der Waals surface area contributed by atoms with E-state index >= 15 is 0 Å². The van der Waals surface area contributed by atoms with Crippen LogP contribution in [0, 0.1) is 11.7 Å². The number of nitrogens with zero attached hydrogens (tertiary/aromatic N) is 1. The van der Waals surface area contributed by atoms with Crippen LogP contribution in [-0.4, -0.2) is 17.5 Å². The minimum atomic E-state index is -0.164. The predicted molar refractivity (Wildman–Crippen MR) is 62.4 cm³/mol. The van der Waals surface area contributed by atoms with Gasteiger partial charge in [-0.25, -0.2) is 4.39 Å². The molecule has 3 heteroatoms. The maximum atomic E-state index is 13.6. The monoisotopic (exact) mass is 220 g/mol. The molecule has 2 atom stereocenters. The summed E-state index contributed by atoms with van der Waals surface area (Å²) in [4.78, 5) is 2.39. The Labute approximate surface area is 95.2 Å². The molecule has 3 rings (SSSR count). The van der Waals surface area contributed by atoms with E-state index in [-0.39, 0.29) is 5.82 Å². The summed E-state index contributed by atoms with van der Waals surface area (Å²) in [5.74, 6) is 0.681. The van der Waals surface area contributed by atoms with E-state index in [4.69, 9.17) is 5.73 Å². The Morgan fingerprint density at radius 2 is 2.25 bits per heavy atom. The first-order chi connectivity index (χ1) is 7.74. The van der Waals surface area contributed by atoms with Crippen molar-refractivity contribution in [1.82, 2.24) is 4.90 Å². The Hall–Kier alpha value is -1.09. The van der Waals surface area contributed by atoms with Crippen LogP contribution in [0.4, 0.5) is 10.1 Å². The molecule has 0 amide bonds. The van der Waals surface area contributed by atoms with E-state index in [1.807, 2.05) is 0 Å². The standard InChI is InChI=1S/C13H17FN2/c14-12-2-1-3-13(15)11(12)8-16-7-9-4-5-10(16)6-9/h1-3,9-10H,4-8,15H2. The lowest BCUT2D eigenvalue weighted by molar-refractivity contribution is 0.203. The molecule has 0 spiro atoms. The van der Waals surface area contributed by atoms with Crippen molar-refractivity contribution < 1.29 is 4.39 Å². The second-order valence-electron chi connectivity index (χ2n) is 5.07. The van der Waals surface area contributed by atoms with Gasteiger partial charge in [-0.1, -0.05) is 6.07 Å². The lowest BCUT2D eigenvalue weighted by Gasteiger charge is -2.27. The Balaban J connectivity index is 1.79. The minimum Gasteiger partial charge on any atom is -0.398 e. The number of nitrogen functional groups attached to an aromatic ring is 1. The third-order valence-corrected chi connectivity index (χ3v) is 4.04. The molecule has 1 heterocycles. The van der Waals surface area contributed by atoms with E-state index in [1.54, 1.807) is 12.1 Å². The van der Waals surface area contributed by atoms with Crippen molar-refractivity contribution in [3.8, 4) is 0 Å². The summed E-state index contributed by atoms with van der Waals surface area (Å²) in [6.07, 6.45) is 3.93. The Kier molecular flexibility index (Phi) is 2.36. The van der Waals surface area contributed by atoms with Gasteiger partial charge in [0.05, 0.1) is 0 Å². The van der Waals surface area contributed by atoms with Crippen LogP contribution in [-0.2, 0) is 6.54 Å². The molecule has 2 N–H and O–H groups in total. The number of hydrogen-bond donors (Lipinski definition) is 1. The Bertz CT molecular complexity index is 385. The van der Waals surface area contributed by atoms with Gasteiger partial charge in [-0.05, 0) is 37.3 Å². The van der Waals surface area contributed by atoms with Crippen LogP contribution in [0.2, 0.25) is 0 Å². The molecular weight excluding hydrogens is 203 g/mol. The summed E-state index contributed by atoms with van der Waals surface area (Å²) in [6.45, 7) is 1.80. The lowest BCUT2D eigenvalue weighted by Crippen LogP contribution is -2.32. The van der Waals surface area contributed by atoms with Gasteiger partial charge in [-0.3, -0.25) is 4.90 Å². The van der Waals surface area contributed by atoms with Gasteiger partial charge in [-0.15, -0.1) is 0 Å². The SMILES string of the molecule is Nc1cccc(F)c1CN1CC2CCC1C2. The molecule has 86 valence electrons.